The Kier molecular flexibility index (Phi) is 4.87. The van der Waals surface area contributed by atoms with Crippen molar-refractivity contribution in [1.29, 1.82) is 0 Å². The average Bonchev–Trinajstić information content (AvgIpc) is 2.00. The van der Waals surface area contributed by atoms with Crippen molar-refractivity contribution in [3.63, 3.8) is 0 Å². The molecule has 0 saturated carbocycles. The molecule has 0 spiro atoms. The first-order valence-corrected chi connectivity index (χ1v) is 3.08. The summed E-state index contributed by atoms with van der Waals surface area (Å²) in [6.45, 7) is 4.94. The minimum absolute atomic E-state index is 0.131. The predicted octanol–water partition coefficient (Wildman–Crippen LogP) is 0.711. The van der Waals surface area contributed by atoms with Gasteiger partial charge in [-0.1, -0.05) is 12.5 Å². The monoisotopic (exact) mass is 154 g/mol. The average molecular weight is 154 g/mol. The van der Waals surface area contributed by atoms with Crippen LogP contribution in [0.3, 0.4) is 0 Å². The van der Waals surface area contributed by atoms with Gasteiger partial charge < -0.3 is 9.47 Å². The molecule has 0 heterocycles. The summed E-state index contributed by atoms with van der Waals surface area (Å²) in [5, 5.41) is 0. The summed E-state index contributed by atoms with van der Waals surface area (Å²) in [5.74, 6) is 1.73. The van der Waals surface area contributed by atoms with Crippen molar-refractivity contribution in [3.05, 3.63) is 12.7 Å². The number of hydrogen-bond acceptors (Lipinski definition) is 3. The fraction of sp³-hybridized carbons (Fsp3) is 0.375. The van der Waals surface area contributed by atoms with Crippen LogP contribution in [0.25, 0.3) is 0 Å². The minimum atomic E-state index is -0.614. The zero-order valence-electron chi connectivity index (χ0n) is 6.37. The maximum Gasteiger partial charge on any atom is 0.332 e. The summed E-state index contributed by atoms with van der Waals surface area (Å²) < 4.78 is 9.46. The van der Waals surface area contributed by atoms with Crippen LogP contribution in [0, 0.1) is 12.3 Å². The van der Waals surface area contributed by atoms with E-state index in [2.05, 4.69) is 17.2 Å². The van der Waals surface area contributed by atoms with E-state index in [1.807, 2.05) is 0 Å². The third-order valence-corrected chi connectivity index (χ3v) is 0.850. The fourth-order valence-electron chi connectivity index (χ4n) is 0.411. The smallest absolute Gasteiger partial charge is 0.332 e. The maximum atomic E-state index is 10.5. The van der Waals surface area contributed by atoms with Gasteiger partial charge in [0.1, 0.15) is 6.61 Å². The van der Waals surface area contributed by atoms with E-state index < -0.39 is 12.3 Å². The molecule has 0 rings (SSSR count). The van der Waals surface area contributed by atoms with Gasteiger partial charge in [-0.15, -0.1) is 6.42 Å². The molecule has 0 aliphatic heterocycles. The molecule has 1 atom stereocenters. The van der Waals surface area contributed by atoms with Crippen LogP contribution < -0.4 is 0 Å². The normalized spacial score (nSPS) is 11.3. The molecule has 0 aromatic rings. The van der Waals surface area contributed by atoms with Gasteiger partial charge >= 0.3 is 5.97 Å². The van der Waals surface area contributed by atoms with E-state index in [1.54, 1.807) is 6.92 Å². The van der Waals surface area contributed by atoms with Gasteiger partial charge in [0.25, 0.3) is 0 Å². The Morgan fingerprint density at radius 1 is 1.91 bits per heavy atom. The number of terminal acetylenes is 1. The van der Waals surface area contributed by atoms with Crippen molar-refractivity contribution < 1.29 is 14.3 Å². The summed E-state index contributed by atoms with van der Waals surface area (Å²) in [5.41, 5.74) is 0. The molecule has 1 unspecified atom stereocenters. The Balaban J connectivity index is 3.53. The van der Waals surface area contributed by atoms with Gasteiger partial charge in [0.2, 0.25) is 6.29 Å². The van der Waals surface area contributed by atoms with Crippen molar-refractivity contribution >= 4 is 5.97 Å². The molecule has 0 aromatic heterocycles. The summed E-state index contributed by atoms with van der Waals surface area (Å²) in [4.78, 5) is 10.5. The van der Waals surface area contributed by atoms with Crippen LogP contribution in [0.4, 0.5) is 0 Å². The van der Waals surface area contributed by atoms with Gasteiger partial charge in [0.05, 0.1) is 0 Å². The van der Waals surface area contributed by atoms with E-state index in [4.69, 9.17) is 11.2 Å². The predicted molar refractivity (Wildman–Crippen MR) is 40.5 cm³/mol. The Bertz CT molecular complexity index is 178. The molecule has 0 N–H and O–H groups in total. The largest absolute Gasteiger partial charge is 0.433 e. The van der Waals surface area contributed by atoms with Crippen molar-refractivity contribution in [2.24, 2.45) is 0 Å². The minimum Gasteiger partial charge on any atom is -0.433 e. The summed E-state index contributed by atoms with van der Waals surface area (Å²) in [6.07, 6.45) is 5.36. The highest BCUT2D eigenvalue weighted by molar-refractivity contribution is 5.81. The Labute approximate surface area is 66.0 Å². The van der Waals surface area contributed by atoms with Crippen molar-refractivity contribution in [2.75, 3.05) is 6.61 Å². The van der Waals surface area contributed by atoms with Crippen LogP contribution in [0.5, 0.6) is 0 Å². The van der Waals surface area contributed by atoms with E-state index in [0.717, 1.165) is 6.08 Å². The number of ether oxygens (including phenoxy) is 2. The van der Waals surface area contributed by atoms with Gasteiger partial charge in [-0.2, -0.15) is 0 Å². The standard InChI is InChI=1S/C8H10O3/c1-4-6-10-7(3)11-8(9)5-2/h1,5,7H,2,6H2,3H3. The quantitative estimate of drug-likeness (QED) is 0.259. The molecular weight excluding hydrogens is 144 g/mol. The molecule has 3 heteroatoms. The first kappa shape index (κ1) is 9.73. The number of hydrogen-bond donors (Lipinski definition) is 0. The lowest BCUT2D eigenvalue weighted by atomic mass is 10.6. The van der Waals surface area contributed by atoms with E-state index in [1.165, 1.54) is 0 Å². The van der Waals surface area contributed by atoms with Gasteiger partial charge in [-0.05, 0) is 6.92 Å². The van der Waals surface area contributed by atoms with Gasteiger partial charge in [-0.25, -0.2) is 4.79 Å². The fourth-order valence-corrected chi connectivity index (χ4v) is 0.411. The van der Waals surface area contributed by atoms with Crippen LogP contribution >= 0.6 is 0 Å². The van der Waals surface area contributed by atoms with Crippen molar-refractivity contribution in [2.45, 2.75) is 13.2 Å². The molecule has 0 radical (unpaired) electrons. The maximum absolute atomic E-state index is 10.5. The Morgan fingerprint density at radius 3 is 3.00 bits per heavy atom. The molecule has 11 heavy (non-hydrogen) atoms. The van der Waals surface area contributed by atoms with Crippen LogP contribution in [0.1, 0.15) is 6.92 Å². The van der Waals surface area contributed by atoms with Crippen LogP contribution in [0.15, 0.2) is 12.7 Å². The zero-order valence-corrected chi connectivity index (χ0v) is 6.37. The summed E-state index contributed by atoms with van der Waals surface area (Å²) in [7, 11) is 0. The van der Waals surface area contributed by atoms with E-state index in [9.17, 15) is 4.79 Å². The highest BCUT2D eigenvalue weighted by Crippen LogP contribution is 1.93. The molecule has 0 bridgehead atoms. The SMILES string of the molecule is C#CCOC(C)OC(=O)C=C. The topological polar surface area (TPSA) is 35.5 Å². The molecule has 0 aliphatic carbocycles. The highest BCUT2D eigenvalue weighted by atomic mass is 16.7. The third kappa shape index (κ3) is 5.19. The van der Waals surface area contributed by atoms with Crippen LogP contribution in [0.2, 0.25) is 0 Å². The molecule has 60 valence electrons. The Morgan fingerprint density at radius 2 is 2.55 bits per heavy atom. The molecule has 0 fully saturated rings. The second-order valence-electron chi connectivity index (χ2n) is 1.72. The van der Waals surface area contributed by atoms with Crippen molar-refractivity contribution in [3.8, 4) is 12.3 Å². The zero-order chi connectivity index (χ0) is 8.69. The number of rotatable bonds is 4. The number of carbonyl (C=O) groups excluding carboxylic acids is 1. The molecular formula is C8H10O3. The number of carbonyl (C=O) groups is 1. The lowest BCUT2D eigenvalue weighted by Crippen LogP contribution is -2.16. The first-order valence-electron chi connectivity index (χ1n) is 3.08. The molecule has 0 amide bonds. The molecule has 3 nitrogen and oxygen atoms in total. The third-order valence-electron chi connectivity index (χ3n) is 0.850. The molecule has 0 aliphatic rings. The van der Waals surface area contributed by atoms with E-state index in [0.29, 0.717) is 0 Å². The van der Waals surface area contributed by atoms with Gasteiger partial charge in [0.15, 0.2) is 0 Å². The first-order chi connectivity index (χ1) is 5.20. The lowest BCUT2D eigenvalue weighted by molar-refractivity contribution is -0.166. The Hall–Kier alpha value is -1.27. The molecule has 0 saturated heterocycles. The van der Waals surface area contributed by atoms with Gasteiger partial charge in [-0.3, -0.25) is 0 Å². The van der Waals surface area contributed by atoms with Crippen molar-refractivity contribution in [1.82, 2.24) is 0 Å². The lowest BCUT2D eigenvalue weighted by Gasteiger charge is -2.09. The van der Waals surface area contributed by atoms with Gasteiger partial charge in [0, 0.05) is 6.08 Å². The van der Waals surface area contributed by atoms with E-state index >= 15 is 0 Å². The molecule has 0 aromatic carbocycles. The second-order valence-corrected chi connectivity index (χ2v) is 1.72. The highest BCUT2D eigenvalue weighted by Gasteiger charge is 2.03. The van der Waals surface area contributed by atoms with Crippen LogP contribution in [-0.4, -0.2) is 18.9 Å². The second kappa shape index (κ2) is 5.51. The number of esters is 1. The van der Waals surface area contributed by atoms with Crippen LogP contribution in [-0.2, 0) is 14.3 Å². The summed E-state index contributed by atoms with van der Waals surface area (Å²) in [6, 6.07) is 0. The summed E-state index contributed by atoms with van der Waals surface area (Å²) >= 11 is 0. The van der Waals surface area contributed by atoms with E-state index in [-0.39, 0.29) is 6.61 Å².